The molecule has 0 radical (unpaired) electrons. The highest BCUT2D eigenvalue weighted by atomic mass is 16.6. The molecule has 0 bridgehead atoms. The average molecular weight is 787 g/mol. The number of allylic oxidation sites excluding steroid dienone is 2. The van der Waals surface area contributed by atoms with E-state index in [-0.39, 0.29) is 30.0 Å². The van der Waals surface area contributed by atoms with Gasteiger partial charge in [-0.25, -0.2) is 4.90 Å². The van der Waals surface area contributed by atoms with E-state index in [1.54, 1.807) is 60.7 Å². The molecular weight excluding hydrogens is 748 g/mol. The number of fused-ring (bicyclic) bond motifs is 4. The molecule has 6 unspecified atom stereocenters. The molecule has 2 aliphatic carbocycles. The first-order valence-corrected chi connectivity index (χ1v) is 18.6. The topological polar surface area (TPSA) is 206 Å². The third-order valence-corrected chi connectivity index (χ3v) is 12.1. The number of ether oxygens (including phenoxy) is 1. The summed E-state index contributed by atoms with van der Waals surface area (Å²) in [7, 11) is 4.26. The van der Waals surface area contributed by atoms with Gasteiger partial charge in [-0.15, -0.1) is 0 Å². The number of aromatic hydroxyl groups is 1. The van der Waals surface area contributed by atoms with Crippen LogP contribution in [-0.4, -0.2) is 64.8 Å². The first kappa shape index (κ1) is 37.8. The van der Waals surface area contributed by atoms with Crippen molar-refractivity contribution in [2.75, 3.05) is 36.4 Å². The van der Waals surface area contributed by atoms with Gasteiger partial charge < -0.3 is 14.7 Å². The molecule has 6 atom stereocenters. The summed E-state index contributed by atoms with van der Waals surface area (Å²) in [4.78, 5) is 84.2. The number of imide groups is 2. The van der Waals surface area contributed by atoms with E-state index in [2.05, 4.69) is 5.43 Å². The third-order valence-electron chi connectivity index (χ3n) is 12.1. The summed E-state index contributed by atoms with van der Waals surface area (Å²) in [6, 6.07) is 22.6. The molecule has 0 aromatic heterocycles. The van der Waals surface area contributed by atoms with Gasteiger partial charge in [0.15, 0.2) is 5.69 Å². The van der Waals surface area contributed by atoms with Crippen molar-refractivity contribution in [3.63, 3.8) is 0 Å². The molecule has 2 heterocycles. The number of amides is 4. The Balaban J connectivity index is 1.31. The number of nitro benzene ring substituents is 2. The number of phenols is 1. The Morgan fingerprint density at radius 3 is 2.10 bits per heavy atom. The van der Waals surface area contributed by atoms with Gasteiger partial charge in [-0.05, 0) is 49.4 Å². The van der Waals surface area contributed by atoms with E-state index in [0.29, 0.717) is 28.1 Å². The Kier molecular flexibility index (Phi) is 9.01. The third kappa shape index (κ3) is 5.49. The van der Waals surface area contributed by atoms with Crippen LogP contribution in [0.4, 0.5) is 28.4 Å². The van der Waals surface area contributed by atoms with Crippen LogP contribution in [0.3, 0.4) is 0 Å². The number of carbonyl (C=O) groups is 4. The SMILES string of the molecule is COc1ccc(C2C3=CCC4C(=O)N(c5cc([N+](=O)[O-])c(N(C)C)c([N+](=O)[O-])c5)C(=O)C4C3CC3C(=O)N(Nc4ccc(C)cc4)C(=O)C32c2ccccc2)c(O)c1. The zero-order chi connectivity index (χ0) is 41.4. The second-order valence-electron chi connectivity index (χ2n) is 15.3. The molecule has 1 saturated carbocycles. The van der Waals surface area contributed by atoms with Crippen LogP contribution in [0.2, 0.25) is 0 Å². The molecule has 2 saturated heterocycles. The van der Waals surface area contributed by atoms with Gasteiger partial charge in [0.25, 0.3) is 11.8 Å². The minimum absolute atomic E-state index is 0.00790. The van der Waals surface area contributed by atoms with Crippen LogP contribution in [0.5, 0.6) is 11.5 Å². The zero-order valence-corrected chi connectivity index (χ0v) is 31.8. The van der Waals surface area contributed by atoms with Crippen molar-refractivity contribution in [1.29, 1.82) is 0 Å². The molecule has 16 heteroatoms. The first-order chi connectivity index (χ1) is 27.7. The van der Waals surface area contributed by atoms with Crippen LogP contribution in [0.1, 0.15) is 35.4 Å². The van der Waals surface area contributed by atoms with Crippen LogP contribution >= 0.6 is 0 Å². The van der Waals surface area contributed by atoms with Crippen molar-refractivity contribution in [2.45, 2.75) is 31.1 Å². The number of hydrogen-bond donors (Lipinski definition) is 2. The van der Waals surface area contributed by atoms with Crippen molar-refractivity contribution < 1.29 is 38.9 Å². The number of phenolic OH excluding ortho intramolecular Hbond substituents is 1. The van der Waals surface area contributed by atoms with Gasteiger partial charge in [-0.3, -0.25) is 44.8 Å². The van der Waals surface area contributed by atoms with E-state index in [1.807, 2.05) is 19.1 Å². The molecule has 4 aromatic carbocycles. The predicted octanol–water partition coefficient (Wildman–Crippen LogP) is 5.78. The van der Waals surface area contributed by atoms with Crippen LogP contribution in [0, 0.1) is 50.8 Å². The lowest BCUT2D eigenvalue weighted by Crippen LogP contribution is -2.53. The maximum atomic E-state index is 15.3. The van der Waals surface area contributed by atoms with E-state index in [0.717, 1.165) is 27.6 Å². The lowest BCUT2D eigenvalue weighted by molar-refractivity contribution is -0.392. The van der Waals surface area contributed by atoms with Gasteiger partial charge in [0.2, 0.25) is 11.8 Å². The van der Waals surface area contributed by atoms with Crippen LogP contribution < -0.4 is 20.0 Å². The van der Waals surface area contributed by atoms with Gasteiger partial charge in [0.1, 0.15) is 11.5 Å². The molecular formula is C42H38N6O10. The molecule has 58 heavy (non-hydrogen) atoms. The lowest BCUT2D eigenvalue weighted by atomic mass is 9.49. The number of anilines is 3. The Bertz CT molecular complexity index is 2430. The first-order valence-electron chi connectivity index (χ1n) is 18.6. The van der Waals surface area contributed by atoms with Crippen molar-refractivity contribution in [3.05, 3.63) is 133 Å². The fourth-order valence-electron chi connectivity index (χ4n) is 9.70. The Labute approximate surface area is 331 Å². The number of nitrogens with zero attached hydrogens (tertiary/aromatic N) is 5. The van der Waals surface area contributed by atoms with E-state index < -0.39 is 79.9 Å². The van der Waals surface area contributed by atoms with Crippen LogP contribution in [0.15, 0.2) is 96.6 Å². The predicted molar refractivity (Wildman–Crippen MR) is 210 cm³/mol. The second-order valence-corrected chi connectivity index (χ2v) is 15.3. The molecule has 16 nitrogen and oxygen atoms in total. The summed E-state index contributed by atoms with van der Waals surface area (Å²) in [5.74, 6) is -7.58. The molecule has 3 fully saturated rings. The zero-order valence-electron chi connectivity index (χ0n) is 31.8. The number of nitro groups is 2. The summed E-state index contributed by atoms with van der Waals surface area (Å²) in [5.41, 5.74) is 2.21. The number of benzene rings is 4. The number of aryl methyl sites for hydroxylation is 1. The highest BCUT2D eigenvalue weighted by Crippen LogP contribution is 2.65. The molecule has 4 amide bonds. The van der Waals surface area contributed by atoms with Gasteiger partial charge in [-0.2, -0.15) is 5.01 Å². The maximum Gasteiger partial charge on any atom is 0.301 e. The van der Waals surface area contributed by atoms with Crippen molar-refractivity contribution in [3.8, 4) is 11.5 Å². The number of hydrazine groups is 1. The molecule has 4 aromatic rings. The standard InChI is InChI=1S/C42H38N6O10/c1-22-10-12-24(13-11-22)43-46-39(51)31-21-30-27(36(28-15-14-26(58-4)20-34(28)49)42(31,41(46)53)23-8-6-5-7-9-23)16-17-29-35(30)40(52)45(38(29)50)25-18-32(47(54)55)37(44(2)3)33(19-25)48(56)57/h5-16,18-20,29-31,35-36,43,49H,17,21H2,1-4H3. The number of methoxy groups -OCH3 is 1. The van der Waals surface area contributed by atoms with Gasteiger partial charge in [0, 0.05) is 43.8 Å². The summed E-state index contributed by atoms with van der Waals surface area (Å²) < 4.78 is 5.39. The molecule has 8 rings (SSSR count). The summed E-state index contributed by atoms with van der Waals surface area (Å²) >= 11 is 0. The lowest BCUT2D eigenvalue weighted by Gasteiger charge is -2.50. The second kappa shape index (κ2) is 13.8. The maximum absolute atomic E-state index is 15.3. The quantitative estimate of drug-likeness (QED) is 0.0897. The van der Waals surface area contributed by atoms with Crippen LogP contribution in [0.25, 0.3) is 0 Å². The molecule has 0 spiro atoms. The van der Waals surface area contributed by atoms with E-state index in [9.17, 15) is 39.7 Å². The highest BCUT2D eigenvalue weighted by molar-refractivity contribution is 6.23. The minimum Gasteiger partial charge on any atom is -0.508 e. The highest BCUT2D eigenvalue weighted by Gasteiger charge is 2.70. The largest absolute Gasteiger partial charge is 0.508 e. The number of carbonyl (C=O) groups excluding carboxylic acids is 4. The van der Waals surface area contributed by atoms with Gasteiger partial charge in [0.05, 0.1) is 51.5 Å². The van der Waals surface area contributed by atoms with E-state index >= 15 is 4.79 Å². The molecule has 2 aliphatic heterocycles. The Hall–Kier alpha value is -7.10. The number of hydrogen-bond acceptors (Lipinski definition) is 12. The molecule has 2 N–H and O–H groups in total. The van der Waals surface area contributed by atoms with E-state index in [4.69, 9.17) is 4.74 Å². The van der Waals surface area contributed by atoms with Crippen molar-refractivity contribution >= 4 is 52.1 Å². The fraction of sp³-hybridized carbons (Fsp3) is 0.286. The number of rotatable bonds is 9. The monoisotopic (exact) mass is 786 g/mol. The summed E-state index contributed by atoms with van der Waals surface area (Å²) in [6.45, 7) is 1.90. The Morgan fingerprint density at radius 2 is 1.52 bits per heavy atom. The summed E-state index contributed by atoms with van der Waals surface area (Å²) in [5, 5.41) is 37.2. The molecule has 296 valence electrons. The summed E-state index contributed by atoms with van der Waals surface area (Å²) in [6.07, 6.45) is 1.75. The van der Waals surface area contributed by atoms with E-state index in [1.165, 1.54) is 32.2 Å². The van der Waals surface area contributed by atoms with Crippen molar-refractivity contribution in [2.24, 2.45) is 23.7 Å². The fourth-order valence-corrected chi connectivity index (χ4v) is 9.70. The number of nitrogens with one attached hydrogen (secondary N) is 1. The van der Waals surface area contributed by atoms with Crippen molar-refractivity contribution in [1.82, 2.24) is 5.01 Å². The normalized spacial score (nSPS) is 24.8. The average Bonchev–Trinajstić information content (AvgIpc) is 3.59. The van der Waals surface area contributed by atoms with Gasteiger partial charge >= 0.3 is 11.4 Å². The minimum atomic E-state index is -1.65. The Morgan fingerprint density at radius 1 is 0.862 bits per heavy atom. The van der Waals surface area contributed by atoms with Gasteiger partial charge in [-0.1, -0.05) is 65.7 Å². The molecule has 4 aliphatic rings. The smallest absolute Gasteiger partial charge is 0.301 e. The van der Waals surface area contributed by atoms with Crippen LogP contribution in [-0.2, 0) is 24.6 Å².